The first-order valence-electron chi connectivity index (χ1n) is 9.14. The normalized spacial score (nSPS) is 10.4. The number of carbonyl (C=O) groups is 1. The Morgan fingerprint density at radius 2 is 1.81 bits per heavy atom. The first kappa shape index (κ1) is 19.8. The average molecular weight is 355 g/mol. The zero-order valence-corrected chi connectivity index (χ0v) is 15.9. The molecule has 140 valence electrons. The summed E-state index contributed by atoms with van der Waals surface area (Å²) < 4.78 is 5.22. The highest BCUT2D eigenvalue weighted by Crippen LogP contribution is 2.17. The number of ether oxygens (including phenoxy) is 1. The van der Waals surface area contributed by atoms with E-state index in [1.807, 2.05) is 42.5 Å². The van der Waals surface area contributed by atoms with E-state index in [-0.39, 0.29) is 5.91 Å². The highest BCUT2D eigenvalue weighted by molar-refractivity contribution is 5.92. The number of benzene rings is 2. The van der Waals surface area contributed by atoms with E-state index in [1.54, 1.807) is 7.11 Å². The number of carbonyl (C=O) groups excluding carboxylic acids is 1. The second-order valence-corrected chi connectivity index (χ2v) is 6.05. The molecule has 2 rings (SSSR count). The molecule has 0 bridgehead atoms. The van der Waals surface area contributed by atoms with Gasteiger partial charge in [0.2, 0.25) is 5.91 Å². The van der Waals surface area contributed by atoms with Crippen molar-refractivity contribution in [1.82, 2.24) is 5.32 Å². The molecule has 0 fully saturated rings. The van der Waals surface area contributed by atoms with Crippen LogP contribution < -0.4 is 20.3 Å². The van der Waals surface area contributed by atoms with E-state index in [0.29, 0.717) is 6.54 Å². The average Bonchev–Trinajstić information content (AvgIpc) is 2.67. The van der Waals surface area contributed by atoms with Crippen molar-refractivity contribution < 1.29 is 9.53 Å². The van der Waals surface area contributed by atoms with Crippen LogP contribution in [0.2, 0.25) is 0 Å². The Morgan fingerprint density at radius 3 is 2.46 bits per heavy atom. The number of nitrogens with one attached hydrogen (secondary N) is 2. The van der Waals surface area contributed by atoms with Crippen LogP contribution in [0, 0.1) is 0 Å². The van der Waals surface area contributed by atoms with E-state index in [0.717, 1.165) is 37.5 Å². The van der Waals surface area contributed by atoms with Crippen LogP contribution in [-0.4, -0.2) is 39.2 Å². The van der Waals surface area contributed by atoms with Crippen molar-refractivity contribution in [2.24, 2.45) is 0 Å². The van der Waals surface area contributed by atoms with E-state index >= 15 is 0 Å². The smallest absolute Gasteiger partial charge is 0.238 e. The van der Waals surface area contributed by atoms with Gasteiger partial charge in [-0.05, 0) is 68.8 Å². The van der Waals surface area contributed by atoms with Gasteiger partial charge in [0.05, 0.1) is 13.7 Å². The highest BCUT2D eigenvalue weighted by atomic mass is 16.5. The molecule has 0 saturated carbocycles. The molecule has 0 unspecified atom stereocenters. The van der Waals surface area contributed by atoms with Gasteiger partial charge >= 0.3 is 0 Å². The molecule has 0 saturated heterocycles. The quantitative estimate of drug-likeness (QED) is 0.642. The maximum Gasteiger partial charge on any atom is 0.238 e. The van der Waals surface area contributed by atoms with Gasteiger partial charge in [-0.3, -0.25) is 4.79 Å². The molecule has 0 aliphatic carbocycles. The Balaban J connectivity index is 1.73. The van der Waals surface area contributed by atoms with Crippen molar-refractivity contribution in [3.8, 4) is 5.75 Å². The van der Waals surface area contributed by atoms with Gasteiger partial charge in [-0.1, -0.05) is 12.1 Å². The standard InChI is InChI=1S/C21H29N3O2/c1-4-24(5-2)19-11-9-18(10-12-19)23-21(25)16-22-14-13-17-7-6-8-20(15-17)26-3/h6-12,15,22H,4-5,13-14,16H2,1-3H3,(H,23,25). The van der Waals surface area contributed by atoms with Gasteiger partial charge in [0, 0.05) is 24.5 Å². The van der Waals surface area contributed by atoms with Crippen molar-refractivity contribution in [2.75, 3.05) is 43.5 Å². The lowest BCUT2D eigenvalue weighted by molar-refractivity contribution is -0.115. The van der Waals surface area contributed by atoms with Crippen LogP contribution in [-0.2, 0) is 11.2 Å². The maximum absolute atomic E-state index is 12.1. The second-order valence-electron chi connectivity index (χ2n) is 6.05. The molecule has 2 N–H and O–H groups in total. The molecule has 0 heterocycles. The van der Waals surface area contributed by atoms with Crippen LogP contribution in [0.3, 0.4) is 0 Å². The minimum Gasteiger partial charge on any atom is -0.497 e. The van der Waals surface area contributed by atoms with Gasteiger partial charge in [0.25, 0.3) is 0 Å². The largest absolute Gasteiger partial charge is 0.497 e. The second kappa shape index (κ2) is 10.5. The first-order valence-corrected chi connectivity index (χ1v) is 9.14. The van der Waals surface area contributed by atoms with Crippen LogP contribution in [0.15, 0.2) is 48.5 Å². The summed E-state index contributed by atoms with van der Waals surface area (Å²) in [5, 5.41) is 6.10. The fourth-order valence-electron chi connectivity index (χ4n) is 2.81. The maximum atomic E-state index is 12.1. The third kappa shape index (κ3) is 6.08. The predicted molar refractivity (Wildman–Crippen MR) is 108 cm³/mol. The molecule has 0 aliphatic rings. The number of amides is 1. The van der Waals surface area contributed by atoms with Gasteiger partial charge < -0.3 is 20.3 Å². The van der Waals surface area contributed by atoms with Crippen molar-refractivity contribution >= 4 is 17.3 Å². The van der Waals surface area contributed by atoms with Crippen LogP contribution in [0.4, 0.5) is 11.4 Å². The van der Waals surface area contributed by atoms with Crippen LogP contribution in [0.5, 0.6) is 5.75 Å². The van der Waals surface area contributed by atoms with E-state index in [2.05, 4.69) is 35.4 Å². The van der Waals surface area contributed by atoms with E-state index < -0.39 is 0 Å². The Morgan fingerprint density at radius 1 is 1.08 bits per heavy atom. The summed E-state index contributed by atoms with van der Waals surface area (Å²) in [5.41, 5.74) is 3.18. The van der Waals surface area contributed by atoms with E-state index in [1.165, 1.54) is 11.3 Å². The van der Waals surface area contributed by atoms with Crippen LogP contribution in [0.25, 0.3) is 0 Å². The third-order valence-corrected chi connectivity index (χ3v) is 4.29. The summed E-state index contributed by atoms with van der Waals surface area (Å²) in [6.45, 7) is 7.24. The molecule has 5 heteroatoms. The number of methoxy groups -OCH3 is 1. The van der Waals surface area contributed by atoms with Crippen molar-refractivity contribution in [1.29, 1.82) is 0 Å². The fraction of sp³-hybridized carbons (Fsp3) is 0.381. The third-order valence-electron chi connectivity index (χ3n) is 4.29. The minimum atomic E-state index is -0.0359. The van der Waals surface area contributed by atoms with Gasteiger partial charge in [-0.15, -0.1) is 0 Å². The topological polar surface area (TPSA) is 53.6 Å². The van der Waals surface area contributed by atoms with Crippen LogP contribution >= 0.6 is 0 Å². The lowest BCUT2D eigenvalue weighted by atomic mass is 10.1. The summed E-state index contributed by atoms with van der Waals surface area (Å²) in [7, 11) is 1.66. The molecule has 0 atom stereocenters. The fourth-order valence-corrected chi connectivity index (χ4v) is 2.81. The van der Waals surface area contributed by atoms with E-state index in [4.69, 9.17) is 4.74 Å². The lowest BCUT2D eigenvalue weighted by Gasteiger charge is -2.21. The molecule has 5 nitrogen and oxygen atoms in total. The lowest BCUT2D eigenvalue weighted by Crippen LogP contribution is -2.29. The summed E-state index contributed by atoms with van der Waals surface area (Å²) in [5.74, 6) is 0.819. The predicted octanol–water partition coefficient (Wildman–Crippen LogP) is 3.31. The summed E-state index contributed by atoms with van der Waals surface area (Å²) >= 11 is 0. The molecular formula is C21H29N3O2. The van der Waals surface area contributed by atoms with Crippen molar-refractivity contribution in [3.63, 3.8) is 0 Å². The molecule has 26 heavy (non-hydrogen) atoms. The molecule has 0 aromatic heterocycles. The number of rotatable bonds is 10. The zero-order chi connectivity index (χ0) is 18.8. The van der Waals surface area contributed by atoms with Gasteiger partial charge in [0.15, 0.2) is 0 Å². The Hall–Kier alpha value is -2.53. The number of anilines is 2. The summed E-state index contributed by atoms with van der Waals surface area (Å²) in [4.78, 5) is 14.3. The Kier molecular flexibility index (Phi) is 7.96. The first-order chi connectivity index (χ1) is 12.7. The zero-order valence-electron chi connectivity index (χ0n) is 15.9. The molecule has 0 radical (unpaired) electrons. The number of nitrogens with zero attached hydrogens (tertiary/aromatic N) is 1. The monoisotopic (exact) mass is 355 g/mol. The van der Waals surface area contributed by atoms with Gasteiger partial charge in [-0.25, -0.2) is 0 Å². The molecule has 1 amide bonds. The van der Waals surface area contributed by atoms with Crippen molar-refractivity contribution in [3.05, 3.63) is 54.1 Å². The minimum absolute atomic E-state index is 0.0359. The van der Waals surface area contributed by atoms with Crippen LogP contribution in [0.1, 0.15) is 19.4 Å². The van der Waals surface area contributed by atoms with Crippen molar-refractivity contribution in [2.45, 2.75) is 20.3 Å². The summed E-state index contributed by atoms with van der Waals surface area (Å²) in [6.07, 6.45) is 0.850. The summed E-state index contributed by atoms with van der Waals surface area (Å²) in [6, 6.07) is 15.9. The Bertz CT molecular complexity index is 682. The highest BCUT2D eigenvalue weighted by Gasteiger charge is 2.04. The SMILES string of the molecule is CCN(CC)c1ccc(NC(=O)CNCCc2cccc(OC)c2)cc1. The number of hydrogen-bond acceptors (Lipinski definition) is 4. The number of hydrogen-bond donors (Lipinski definition) is 2. The molecule has 2 aromatic carbocycles. The molecule has 2 aromatic rings. The van der Waals surface area contributed by atoms with Gasteiger partial charge in [-0.2, -0.15) is 0 Å². The molecule has 0 aliphatic heterocycles. The van der Waals surface area contributed by atoms with Gasteiger partial charge in [0.1, 0.15) is 5.75 Å². The molecule has 0 spiro atoms. The van der Waals surface area contributed by atoms with E-state index in [9.17, 15) is 4.79 Å². The molecular weight excluding hydrogens is 326 g/mol. The Labute approximate surface area is 156 Å².